The summed E-state index contributed by atoms with van der Waals surface area (Å²) < 4.78 is 0. The van der Waals surface area contributed by atoms with E-state index in [4.69, 9.17) is 5.21 Å². The smallest absolute Gasteiger partial charge is 0.267 e. The first kappa shape index (κ1) is 10.4. The fraction of sp³-hybridized carbons (Fsp3) is 0.111. The first-order valence-corrected chi connectivity index (χ1v) is 3.96. The first-order valence-electron chi connectivity index (χ1n) is 3.96. The minimum atomic E-state index is -0.557. The van der Waals surface area contributed by atoms with Crippen LogP contribution in [0.2, 0.25) is 0 Å². The molecule has 0 bridgehead atoms. The molecule has 0 aliphatic heterocycles. The lowest BCUT2D eigenvalue weighted by atomic mass is 10.0. The predicted molar refractivity (Wildman–Crippen MR) is 48.8 cm³/mol. The van der Waals surface area contributed by atoms with Gasteiger partial charge in [-0.05, 0) is 13.0 Å². The van der Waals surface area contributed by atoms with Gasteiger partial charge in [-0.25, -0.2) is 0 Å². The summed E-state index contributed by atoms with van der Waals surface area (Å²) >= 11 is 0. The van der Waals surface area contributed by atoms with Crippen LogP contribution in [0, 0.1) is 0 Å². The van der Waals surface area contributed by atoms with E-state index >= 15 is 0 Å². The van der Waals surface area contributed by atoms with Gasteiger partial charge in [-0.1, -0.05) is 18.2 Å². The summed E-state index contributed by atoms with van der Waals surface area (Å²) in [5, 5.41) is 8.26. The molecule has 0 saturated heterocycles. The van der Waals surface area contributed by atoms with Gasteiger partial charge in [0.1, 0.15) is 0 Å². The molecule has 0 radical (unpaired) electrons. The van der Waals surface area contributed by atoms with Crippen LogP contribution in [0.15, 0.2) is 24.3 Å². The van der Waals surface area contributed by atoms with E-state index in [0.717, 1.165) is 0 Å². The number of nitrogens with one attached hydrogen (secondary N) is 2. The molecule has 1 amide bonds. The Morgan fingerprint density at radius 2 is 1.79 bits per heavy atom. The van der Waals surface area contributed by atoms with Crippen molar-refractivity contribution < 1.29 is 14.8 Å². The maximum atomic E-state index is 11.3. The van der Waals surface area contributed by atoms with E-state index < -0.39 is 5.91 Å². The summed E-state index contributed by atoms with van der Waals surface area (Å²) in [6, 6.07) is 6.36. The monoisotopic (exact) mass is 194 g/mol. The molecule has 0 unspecified atom stereocenters. The third kappa shape index (κ3) is 2.15. The third-order valence-electron chi connectivity index (χ3n) is 1.72. The van der Waals surface area contributed by atoms with Gasteiger partial charge in [-0.15, -0.1) is 5.59 Å². The summed E-state index contributed by atoms with van der Waals surface area (Å²) in [6.45, 7) is 1.37. The molecule has 0 spiro atoms. The van der Waals surface area contributed by atoms with Crippen molar-refractivity contribution >= 4 is 11.7 Å². The largest absolute Gasteiger partial charge is 0.297 e. The number of rotatable bonds is 3. The second-order valence-electron chi connectivity index (χ2n) is 2.67. The zero-order chi connectivity index (χ0) is 10.6. The van der Waals surface area contributed by atoms with Crippen LogP contribution in [-0.4, -0.2) is 16.9 Å². The van der Waals surface area contributed by atoms with Gasteiger partial charge in [-0.3, -0.25) is 20.2 Å². The summed E-state index contributed by atoms with van der Waals surface area (Å²) in [5.74, 6) is -0.757. The summed E-state index contributed by atoms with van der Waals surface area (Å²) in [4.78, 5) is 22.4. The molecule has 0 heterocycles. The van der Waals surface area contributed by atoms with Gasteiger partial charge < -0.3 is 0 Å². The zero-order valence-electron chi connectivity index (χ0n) is 7.57. The maximum Gasteiger partial charge on any atom is 0.267 e. The molecule has 0 fully saturated rings. The van der Waals surface area contributed by atoms with Gasteiger partial charge in [-0.2, -0.15) is 0 Å². The van der Waals surface area contributed by atoms with E-state index in [1.54, 1.807) is 18.2 Å². The molecule has 0 atom stereocenters. The lowest BCUT2D eigenvalue weighted by molar-refractivity contribution is 0.0727. The molecule has 1 aromatic carbocycles. The fourth-order valence-electron chi connectivity index (χ4n) is 1.11. The van der Waals surface area contributed by atoms with Crippen molar-refractivity contribution in [1.29, 1.82) is 0 Å². The topological polar surface area (TPSA) is 78.4 Å². The van der Waals surface area contributed by atoms with Crippen molar-refractivity contribution in [3.05, 3.63) is 35.4 Å². The van der Waals surface area contributed by atoms with E-state index in [0.29, 0.717) is 5.56 Å². The SMILES string of the molecule is CC(=O)c1ccccc1C(=O)NNO. The average Bonchev–Trinajstić information content (AvgIpc) is 2.18. The lowest BCUT2D eigenvalue weighted by Crippen LogP contribution is -2.35. The molecule has 1 rings (SSSR count). The number of amides is 1. The van der Waals surface area contributed by atoms with Crippen LogP contribution >= 0.6 is 0 Å². The number of carbonyl (C=O) groups is 2. The van der Waals surface area contributed by atoms with Gasteiger partial charge >= 0.3 is 0 Å². The molecule has 74 valence electrons. The standard InChI is InChI=1S/C9H10N2O3/c1-6(12)7-4-2-3-5-8(7)9(13)10-11-14/h2-5,11,14H,1H3,(H,10,13). The second kappa shape index (κ2) is 4.50. The molecular weight excluding hydrogens is 184 g/mol. The molecule has 0 aliphatic rings. The van der Waals surface area contributed by atoms with Crippen LogP contribution in [0.4, 0.5) is 0 Å². The molecule has 3 N–H and O–H groups in total. The first-order chi connectivity index (χ1) is 6.66. The van der Waals surface area contributed by atoms with Crippen LogP contribution < -0.4 is 11.0 Å². The maximum absolute atomic E-state index is 11.3. The highest BCUT2D eigenvalue weighted by Crippen LogP contribution is 2.08. The second-order valence-corrected chi connectivity index (χ2v) is 2.67. The van der Waals surface area contributed by atoms with Crippen molar-refractivity contribution in [2.45, 2.75) is 6.92 Å². The van der Waals surface area contributed by atoms with E-state index in [2.05, 4.69) is 0 Å². The highest BCUT2D eigenvalue weighted by atomic mass is 16.5. The van der Waals surface area contributed by atoms with Gasteiger partial charge in [0.25, 0.3) is 5.91 Å². The number of hydrogen-bond donors (Lipinski definition) is 3. The van der Waals surface area contributed by atoms with Gasteiger partial charge in [0.2, 0.25) is 0 Å². The van der Waals surface area contributed by atoms with Crippen molar-refractivity contribution in [3.8, 4) is 0 Å². The van der Waals surface area contributed by atoms with Crippen LogP contribution in [0.25, 0.3) is 0 Å². The van der Waals surface area contributed by atoms with Crippen LogP contribution in [0.1, 0.15) is 27.6 Å². The quantitative estimate of drug-likeness (QED) is 0.484. The van der Waals surface area contributed by atoms with E-state index in [1.807, 2.05) is 5.43 Å². The number of carbonyl (C=O) groups excluding carboxylic acids is 2. The Labute approximate surface area is 80.7 Å². The molecule has 0 aromatic heterocycles. The summed E-state index contributed by atoms with van der Waals surface area (Å²) in [6.07, 6.45) is 0. The Kier molecular flexibility index (Phi) is 3.33. The predicted octanol–water partition coefficient (Wildman–Crippen LogP) is 0.513. The minimum Gasteiger partial charge on any atom is -0.297 e. The molecule has 1 aromatic rings. The van der Waals surface area contributed by atoms with E-state index in [9.17, 15) is 9.59 Å². The van der Waals surface area contributed by atoms with Crippen molar-refractivity contribution in [2.75, 3.05) is 0 Å². The van der Waals surface area contributed by atoms with Gasteiger partial charge in [0, 0.05) is 5.56 Å². The van der Waals surface area contributed by atoms with Crippen LogP contribution in [0.3, 0.4) is 0 Å². The normalized spacial score (nSPS) is 9.57. The number of hydrazine groups is 1. The minimum absolute atomic E-state index is 0.200. The number of ketones is 1. The Balaban J connectivity index is 3.07. The molecular formula is C9H10N2O3. The molecule has 0 saturated carbocycles. The zero-order valence-corrected chi connectivity index (χ0v) is 7.57. The van der Waals surface area contributed by atoms with Crippen molar-refractivity contribution in [1.82, 2.24) is 11.0 Å². The number of hydrogen-bond acceptors (Lipinski definition) is 4. The van der Waals surface area contributed by atoms with Crippen molar-refractivity contribution in [2.24, 2.45) is 0 Å². The summed E-state index contributed by atoms with van der Waals surface area (Å²) in [5.41, 5.74) is 4.04. The molecule has 5 nitrogen and oxygen atoms in total. The molecule has 5 heteroatoms. The highest BCUT2D eigenvalue weighted by Gasteiger charge is 2.12. The Morgan fingerprint density at radius 1 is 1.21 bits per heavy atom. The molecule has 14 heavy (non-hydrogen) atoms. The van der Waals surface area contributed by atoms with Crippen LogP contribution in [0.5, 0.6) is 0 Å². The Bertz CT molecular complexity index is 363. The highest BCUT2D eigenvalue weighted by molar-refractivity contribution is 6.06. The molecule has 0 aliphatic carbocycles. The Hall–Kier alpha value is -1.72. The summed E-state index contributed by atoms with van der Waals surface area (Å²) in [7, 11) is 0. The van der Waals surface area contributed by atoms with Gasteiger partial charge in [0.05, 0.1) is 5.56 Å². The number of benzene rings is 1. The third-order valence-corrected chi connectivity index (χ3v) is 1.72. The van der Waals surface area contributed by atoms with Gasteiger partial charge in [0.15, 0.2) is 5.78 Å². The average molecular weight is 194 g/mol. The Morgan fingerprint density at radius 3 is 2.29 bits per heavy atom. The van der Waals surface area contributed by atoms with E-state index in [1.165, 1.54) is 18.6 Å². The number of Topliss-reactive ketones (excluding diaryl/α,β-unsaturated/α-hetero) is 1. The van der Waals surface area contributed by atoms with Crippen molar-refractivity contribution in [3.63, 3.8) is 0 Å². The lowest BCUT2D eigenvalue weighted by Gasteiger charge is -2.05. The van der Waals surface area contributed by atoms with E-state index in [-0.39, 0.29) is 11.3 Å². The van der Waals surface area contributed by atoms with Crippen LogP contribution in [-0.2, 0) is 0 Å². The fourth-order valence-corrected chi connectivity index (χ4v) is 1.11.